The van der Waals surface area contributed by atoms with E-state index in [-0.39, 0.29) is 18.2 Å². The van der Waals surface area contributed by atoms with Crippen LogP contribution in [0.3, 0.4) is 0 Å². The van der Waals surface area contributed by atoms with Gasteiger partial charge in [-0.15, -0.1) is 0 Å². The third-order valence-electron chi connectivity index (χ3n) is 1.48. The summed E-state index contributed by atoms with van der Waals surface area (Å²) < 4.78 is 30.8. The molecule has 0 aliphatic carbocycles. The summed E-state index contributed by atoms with van der Waals surface area (Å²) >= 11 is 3.32. The van der Waals surface area contributed by atoms with Gasteiger partial charge in [0.1, 0.15) is 0 Å². The molecule has 0 spiro atoms. The Kier molecular flexibility index (Phi) is 2.38. The number of fused-ring (bicyclic) bond motifs is 1. The minimum absolute atomic E-state index is 0.0896. The average Bonchev–Trinajstić information content (AvgIpc) is 2.59. The summed E-state index contributed by atoms with van der Waals surface area (Å²) in [5, 5.41) is 6.95. The van der Waals surface area contributed by atoms with Crippen LogP contribution in [0.25, 0.3) is 11.0 Å². The second-order valence-corrected chi connectivity index (χ2v) is 4.37. The molecule has 0 atom stereocenters. The summed E-state index contributed by atoms with van der Waals surface area (Å²) in [6.07, 6.45) is 0. The Bertz CT molecular complexity index is 443. The molecule has 0 amide bonds. The van der Waals surface area contributed by atoms with Crippen LogP contribution in [0.2, 0.25) is 0 Å². The molecular weight excluding hydrogens is 408 g/mol. The van der Waals surface area contributed by atoms with Crippen molar-refractivity contribution in [3.8, 4) is 0 Å². The monoisotopic (exact) mass is 408 g/mol. The molecule has 0 aliphatic heterocycles. The smallest absolute Gasteiger partial charge is 0.175 e. The van der Waals surface area contributed by atoms with Gasteiger partial charge < -0.3 is 0 Å². The highest BCUT2D eigenvalue weighted by molar-refractivity contribution is 14.1. The molecule has 0 saturated heterocycles. The fraction of sp³-hybridized carbons (Fsp3) is 0. The van der Waals surface area contributed by atoms with E-state index < -0.39 is 11.6 Å². The number of hydrogen-bond donors (Lipinski definition) is 0. The van der Waals surface area contributed by atoms with Crippen molar-refractivity contribution in [1.82, 2.24) is 10.3 Å². The van der Waals surface area contributed by atoms with E-state index in [0.717, 1.165) is 0 Å². The number of rotatable bonds is 0. The Hall–Kier alpha value is -0.0600. The topological polar surface area (TPSA) is 38.9 Å². The second-order valence-electron chi connectivity index (χ2n) is 2.22. The van der Waals surface area contributed by atoms with Gasteiger partial charge in [-0.2, -0.15) is 0 Å². The van der Waals surface area contributed by atoms with Gasteiger partial charge >= 0.3 is 0 Å². The van der Waals surface area contributed by atoms with E-state index in [2.05, 4.69) is 14.9 Å². The van der Waals surface area contributed by atoms with Crippen LogP contribution in [0, 0.1) is 18.8 Å². The van der Waals surface area contributed by atoms with Crippen molar-refractivity contribution in [2.24, 2.45) is 0 Å². The quantitative estimate of drug-likeness (QED) is 0.383. The molecule has 68 valence electrons. The van der Waals surface area contributed by atoms with Crippen LogP contribution in [0.1, 0.15) is 0 Å². The molecule has 0 fully saturated rings. The average molecular weight is 408 g/mol. The maximum absolute atomic E-state index is 13.1. The van der Waals surface area contributed by atoms with Crippen molar-refractivity contribution in [3.05, 3.63) is 18.8 Å². The Labute approximate surface area is 98.1 Å². The van der Waals surface area contributed by atoms with Crippen LogP contribution in [0.5, 0.6) is 0 Å². The molecule has 0 N–H and O–H groups in total. The van der Waals surface area contributed by atoms with Crippen molar-refractivity contribution in [3.63, 3.8) is 0 Å². The summed E-state index contributed by atoms with van der Waals surface area (Å²) in [6.45, 7) is 0. The van der Waals surface area contributed by atoms with E-state index in [4.69, 9.17) is 0 Å². The van der Waals surface area contributed by atoms with Crippen molar-refractivity contribution in [2.75, 3.05) is 0 Å². The Morgan fingerprint density at radius 2 is 1.31 bits per heavy atom. The van der Waals surface area contributed by atoms with E-state index in [0.29, 0.717) is 0 Å². The van der Waals surface area contributed by atoms with Crippen LogP contribution in [-0.4, -0.2) is 10.3 Å². The van der Waals surface area contributed by atoms with Crippen LogP contribution in [0.15, 0.2) is 4.63 Å². The predicted octanol–water partition coefficient (Wildman–Crippen LogP) is 2.71. The number of hydrogen-bond acceptors (Lipinski definition) is 3. The number of aromatic nitrogens is 2. The lowest BCUT2D eigenvalue weighted by molar-refractivity contribution is 0.315. The molecule has 1 aromatic carbocycles. The van der Waals surface area contributed by atoms with E-state index in [1.807, 2.05) is 0 Å². The summed E-state index contributed by atoms with van der Waals surface area (Å²) in [5.74, 6) is -1.82. The van der Waals surface area contributed by atoms with Gasteiger partial charge in [-0.05, 0) is 55.5 Å². The lowest BCUT2D eigenvalue weighted by Crippen LogP contribution is -1.95. The lowest BCUT2D eigenvalue weighted by atomic mass is 10.3. The van der Waals surface area contributed by atoms with E-state index in [9.17, 15) is 8.78 Å². The van der Waals surface area contributed by atoms with Gasteiger partial charge in [0.25, 0.3) is 0 Å². The fourth-order valence-electron chi connectivity index (χ4n) is 0.877. The number of halogens is 4. The predicted molar refractivity (Wildman–Crippen MR) is 57.2 cm³/mol. The maximum atomic E-state index is 13.1. The van der Waals surface area contributed by atoms with Crippen LogP contribution >= 0.6 is 45.2 Å². The molecule has 3 nitrogen and oxygen atoms in total. The first kappa shape index (κ1) is 9.49. The SMILES string of the molecule is Fc1c(F)c(I)c2nonc2c1I. The Balaban J connectivity index is 3.02. The standard InChI is InChI=1S/C6F2I2N2O/c7-1-2(8)4(10)6-5(3(1)9)11-13-12-6. The van der Waals surface area contributed by atoms with Crippen molar-refractivity contribution < 1.29 is 13.4 Å². The first-order valence-corrected chi connectivity index (χ1v) is 5.23. The van der Waals surface area contributed by atoms with Crippen LogP contribution in [0.4, 0.5) is 8.78 Å². The van der Waals surface area contributed by atoms with Gasteiger partial charge in [0.05, 0.1) is 7.14 Å². The molecule has 0 bridgehead atoms. The summed E-state index contributed by atoms with van der Waals surface area (Å²) in [6, 6.07) is 0. The summed E-state index contributed by atoms with van der Waals surface area (Å²) in [7, 11) is 0. The molecule has 7 heteroatoms. The Morgan fingerprint density at radius 1 is 0.923 bits per heavy atom. The fourth-order valence-corrected chi connectivity index (χ4v) is 2.06. The molecule has 2 rings (SSSR count). The molecule has 1 heterocycles. The van der Waals surface area contributed by atoms with E-state index in [1.165, 1.54) is 0 Å². The van der Waals surface area contributed by atoms with Gasteiger partial charge in [-0.3, -0.25) is 0 Å². The molecule has 0 aliphatic rings. The molecule has 13 heavy (non-hydrogen) atoms. The van der Waals surface area contributed by atoms with Crippen molar-refractivity contribution in [2.45, 2.75) is 0 Å². The van der Waals surface area contributed by atoms with Gasteiger partial charge in [0.2, 0.25) is 0 Å². The molecule has 1 aromatic heterocycles. The van der Waals surface area contributed by atoms with E-state index in [1.54, 1.807) is 45.2 Å². The zero-order valence-electron chi connectivity index (χ0n) is 5.81. The first-order valence-electron chi connectivity index (χ1n) is 3.07. The second kappa shape index (κ2) is 3.26. The highest BCUT2D eigenvalue weighted by Gasteiger charge is 2.20. The van der Waals surface area contributed by atoms with Crippen molar-refractivity contribution in [1.29, 1.82) is 0 Å². The maximum Gasteiger partial charge on any atom is 0.175 e. The van der Waals surface area contributed by atoms with Gasteiger partial charge in [-0.25, -0.2) is 13.4 Å². The third kappa shape index (κ3) is 1.32. The third-order valence-corrected chi connectivity index (χ3v) is 3.45. The minimum atomic E-state index is -0.909. The number of benzene rings is 1. The largest absolute Gasteiger partial charge is 0.243 e. The number of nitrogens with zero attached hydrogens (tertiary/aromatic N) is 2. The van der Waals surface area contributed by atoms with Crippen LogP contribution in [-0.2, 0) is 0 Å². The van der Waals surface area contributed by atoms with Gasteiger partial charge in [0.15, 0.2) is 22.7 Å². The summed E-state index contributed by atoms with van der Waals surface area (Å²) in [4.78, 5) is 0. The highest BCUT2D eigenvalue weighted by Crippen LogP contribution is 2.28. The lowest BCUT2D eigenvalue weighted by Gasteiger charge is -1.98. The molecule has 2 aromatic rings. The van der Waals surface area contributed by atoms with Gasteiger partial charge in [-0.1, -0.05) is 0 Å². The molecule has 0 saturated carbocycles. The molecule has 0 radical (unpaired) electrons. The van der Waals surface area contributed by atoms with Crippen molar-refractivity contribution >= 4 is 56.2 Å². The minimum Gasteiger partial charge on any atom is -0.243 e. The Morgan fingerprint density at radius 3 is 1.69 bits per heavy atom. The zero-order valence-corrected chi connectivity index (χ0v) is 10.1. The zero-order chi connectivity index (χ0) is 9.59. The van der Waals surface area contributed by atoms with Gasteiger partial charge in [0, 0.05) is 0 Å². The molecule has 0 unspecified atom stereocenters. The first-order chi connectivity index (χ1) is 6.13. The van der Waals surface area contributed by atoms with Crippen LogP contribution < -0.4 is 0 Å². The highest BCUT2D eigenvalue weighted by atomic mass is 127. The van der Waals surface area contributed by atoms with E-state index >= 15 is 0 Å². The normalized spacial score (nSPS) is 11.1. The molecular formula is C6F2I2N2O. The summed E-state index contributed by atoms with van der Waals surface area (Å²) in [5.41, 5.74) is 0.507.